The van der Waals surface area contributed by atoms with Crippen molar-refractivity contribution in [3.05, 3.63) is 101 Å². The van der Waals surface area contributed by atoms with E-state index in [0.717, 1.165) is 5.56 Å². The first-order valence-electron chi connectivity index (χ1n) is 18.0. The first-order valence-corrected chi connectivity index (χ1v) is 21.0. The van der Waals surface area contributed by atoms with E-state index in [2.05, 4.69) is 15.6 Å². The quantitative estimate of drug-likeness (QED) is 0.0477. The van der Waals surface area contributed by atoms with Crippen molar-refractivity contribution >= 4 is 43.3 Å². The van der Waals surface area contributed by atoms with E-state index in [1.165, 1.54) is 7.11 Å². The molecule has 5 atom stereocenters. The van der Waals surface area contributed by atoms with Crippen LogP contribution in [-0.2, 0) is 31.2 Å². The number of hydrogen-bond donors (Lipinski definition) is 3. The molecule has 6 rings (SSSR count). The number of carbonyl (C=O) groups is 3. The first kappa shape index (κ1) is 37.8. The second-order valence-corrected chi connectivity index (χ2v) is 18.2. The predicted molar refractivity (Wildman–Crippen MR) is 202 cm³/mol. The van der Waals surface area contributed by atoms with Crippen LogP contribution in [-0.4, -0.2) is 72.7 Å². The third kappa shape index (κ3) is 7.62. The molecule has 4 aromatic rings. The number of aliphatic hydroxyl groups is 1. The van der Waals surface area contributed by atoms with E-state index >= 15 is 4.11 Å². The Bertz CT molecular complexity index is 1940. The summed E-state index contributed by atoms with van der Waals surface area (Å²) in [5.41, 5.74) is 7.90. The average Bonchev–Trinajstić information content (AvgIpc) is 3.80. The number of hydrogen-bond acceptors (Lipinski definition) is 9. The van der Waals surface area contributed by atoms with Crippen molar-refractivity contribution in [1.29, 1.82) is 0 Å². The van der Waals surface area contributed by atoms with Crippen LogP contribution in [0.2, 0.25) is 18.6 Å². The van der Waals surface area contributed by atoms with E-state index in [-0.39, 0.29) is 36.7 Å². The largest absolute Gasteiger partial charge is 0.469 e. The molecule has 0 radical (unpaired) electrons. The Labute approximate surface area is 309 Å². The minimum absolute atomic E-state index is 0.138. The van der Waals surface area contributed by atoms with E-state index in [1.54, 1.807) is 71.3 Å². The number of unbranched alkanes of at least 4 members (excludes halogenated alkanes) is 1. The van der Waals surface area contributed by atoms with E-state index in [9.17, 15) is 19.5 Å². The Morgan fingerprint density at radius 1 is 1.09 bits per heavy atom. The molecule has 14 heteroatoms. The van der Waals surface area contributed by atoms with Crippen LogP contribution >= 0.6 is 0 Å². The highest BCUT2D eigenvalue weighted by molar-refractivity contribution is 6.72. The van der Waals surface area contributed by atoms with Crippen LogP contribution in [0.1, 0.15) is 65.7 Å². The van der Waals surface area contributed by atoms with Gasteiger partial charge in [0.05, 0.1) is 37.1 Å². The number of aryl methyl sites for hydroxylation is 1. The summed E-state index contributed by atoms with van der Waals surface area (Å²) in [5, 5.41) is 21.8. The maximum Gasteiger partial charge on any atom is 0.305 e. The molecule has 2 aliphatic rings. The van der Waals surface area contributed by atoms with Gasteiger partial charge in [0.2, 0.25) is 8.41 Å². The lowest BCUT2D eigenvalue weighted by molar-refractivity contribution is -0.146. The summed E-state index contributed by atoms with van der Waals surface area (Å²) < 4.78 is 29.9. The molecule has 1 fully saturated rings. The van der Waals surface area contributed by atoms with Gasteiger partial charge in [-0.3, -0.25) is 19.1 Å². The number of benzene rings is 3. The lowest BCUT2D eigenvalue weighted by Gasteiger charge is -2.31. The van der Waals surface area contributed by atoms with Gasteiger partial charge in [-0.25, -0.2) is 0 Å². The molecule has 12 nitrogen and oxygen atoms in total. The van der Waals surface area contributed by atoms with Gasteiger partial charge >= 0.3 is 5.97 Å². The summed E-state index contributed by atoms with van der Waals surface area (Å²) in [5.74, 6) is -1.85. The summed E-state index contributed by atoms with van der Waals surface area (Å²) in [4.78, 5) is 41.4. The van der Waals surface area contributed by atoms with Gasteiger partial charge in [0.25, 0.3) is 11.8 Å². The highest BCUT2D eigenvalue weighted by Crippen LogP contribution is 2.60. The normalized spacial score (nSPS) is 21.5. The smallest absolute Gasteiger partial charge is 0.305 e. The fraction of sp³-hybridized carbons (Fsp3) is 0.410. The molecule has 1 spiro atoms. The molecule has 0 aliphatic carbocycles. The van der Waals surface area contributed by atoms with Gasteiger partial charge in [-0.05, 0) is 80.4 Å². The van der Waals surface area contributed by atoms with E-state index < -0.39 is 31.6 Å². The van der Waals surface area contributed by atoms with Gasteiger partial charge in [0, 0.05) is 59.7 Å². The first-order chi connectivity index (χ1) is 25.4. The number of anilines is 3. The van der Waals surface area contributed by atoms with E-state index in [4.69, 9.17) is 15.2 Å². The highest BCUT2D eigenvalue weighted by atomic mass is 28.4. The maximum absolute atomic E-state index is 16.5. The van der Waals surface area contributed by atoms with Crippen LogP contribution in [0.25, 0.3) is 0 Å². The minimum atomic E-state index is -3.46. The molecule has 1 saturated heterocycles. The Morgan fingerprint density at radius 3 is 2.51 bits per heavy atom. The average molecular weight is 743 g/mol. The van der Waals surface area contributed by atoms with Gasteiger partial charge in [0.1, 0.15) is 0 Å². The Balaban J connectivity index is 1.30. The zero-order valence-electron chi connectivity index (χ0n) is 30.5. The molecule has 53 heavy (non-hydrogen) atoms. The molecule has 3 aromatic carbocycles. The van der Waals surface area contributed by atoms with Crippen molar-refractivity contribution in [2.75, 3.05) is 36.2 Å². The number of amides is 2. The second-order valence-electron chi connectivity index (χ2n) is 14.4. The van der Waals surface area contributed by atoms with Crippen LogP contribution in [0, 0.1) is 5.92 Å². The zero-order chi connectivity index (χ0) is 37.9. The van der Waals surface area contributed by atoms with Crippen molar-refractivity contribution in [2.45, 2.75) is 75.4 Å². The van der Waals surface area contributed by atoms with Crippen molar-refractivity contribution < 1.29 is 33.1 Å². The molecule has 0 bridgehead atoms. The second kappa shape index (κ2) is 15.6. The molecule has 1 aromatic heterocycles. The van der Waals surface area contributed by atoms with Gasteiger partial charge in [-0.15, -0.1) is 5.10 Å². The van der Waals surface area contributed by atoms with Crippen molar-refractivity contribution in [2.24, 2.45) is 5.92 Å². The zero-order valence-corrected chi connectivity index (χ0v) is 31.5. The number of methoxy groups -OCH3 is 1. The highest BCUT2D eigenvalue weighted by Gasteiger charge is 2.66. The molecule has 4 N–H and O–H groups in total. The number of fused-ring (bicyclic) bond motifs is 2. The third-order valence-corrected chi connectivity index (χ3v) is 13.0. The van der Waals surface area contributed by atoms with E-state index in [0.29, 0.717) is 66.2 Å². The van der Waals surface area contributed by atoms with Crippen LogP contribution in [0.15, 0.2) is 79.0 Å². The minimum Gasteiger partial charge on any atom is -0.469 e. The summed E-state index contributed by atoms with van der Waals surface area (Å²) in [6.45, 7) is 5.72. The lowest BCUT2D eigenvalue weighted by Crippen LogP contribution is -2.45. The summed E-state index contributed by atoms with van der Waals surface area (Å²) >= 11 is 0. The number of aliphatic hydroxyl groups excluding tert-OH is 1. The molecule has 1 unspecified atom stereocenters. The molecule has 3 heterocycles. The molecular weight excluding hydrogens is 696 g/mol. The van der Waals surface area contributed by atoms with Crippen LogP contribution in [0.4, 0.5) is 21.2 Å². The molecule has 0 saturated carbocycles. The topological polar surface area (TPSA) is 162 Å². The molecule has 2 amide bonds. The van der Waals surface area contributed by atoms with Crippen molar-refractivity contribution in [1.82, 2.24) is 15.0 Å². The fourth-order valence-electron chi connectivity index (χ4n) is 7.99. The Hall–Kier alpha value is -4.92. The van der Waals surface area contributed by atoms with Crippen LogP contribution in [0.3, 0.4) is 0 Å². The number of rotatable bonds is 14. The summed E-state index contributed by atoms with van der Waals surface area (Å²) in [6, 6.07) is 21.4. The number of ether oxygens (including phenoxy) is 2. The molecular formula is C39H47FN6O6Si. The summed E-state index contributed by atoms with van der Waals surface area (Å²) in [7, 11) is -2.12. The number of aromatic nitrogens is 3. The number of halogens is 1. The number of carbonyl (C=O) groups excluding carboxylic acids is 3. The van der Waals surface area contributed by atoms with Crippen LogP contribution in [0.5, 0.6) is 0 Å². The van der Waals surface area contributed by atoms with E-state index in [1.807, 2.05) is 37.3 Å². The number of nitrogen functional groups attached to an aromatic ring is 1. The number of nitrogens with one attached hydrogen (secondary N) is 1. The van der Waals surface area contributed by atoms with Gasteiger partial charge < -0.3 is 34.6 Å². The third-order valence-electron chi connectivity index (χ3n) is 10.6. The lowest BCUT2D eigenvalue weighted by atomic mass is 9.82. The fourth-order valence-corrected chi connectivity index (χ4v) is 10.5. The monoisotopic (exact) mass is 742 g/mol. The summed E-state index contributed by atoms with van der Waals surface area (Å²) in [6.07, 6.45) is 2.79. The maximum atomic E-state index is 16.5. The Kier molecular flexibility index (Phi) is 11.1. The Morgan fingerprint density at radius 2 is 1.83 bits per heavy atom. The SMILES string of the molecule is COC(=O)CCCCN1C(=O)[C@@]2(O[C@@H](CCn3cc(C(CO)c4ccccc4)nn3)[C@H]([Si](C)(C)F)[C@H]2C)c2cc(NC(=O)c3ccc(N)cc3)ccc21. The number of nitrogens with zero attached hydrogens (tertiary/aromatic N) is 4. The number of esters is 1. The number of nitrogens with two attached hydrogens (primary N) is 1. The predicted octanol–water partition coefficient (Wildman–Crippen LogP) is 5.79. The van der Waals surface area contributed by atoms with Gasteiger partial charge in [-0.1, -0.05) is 42.5 Å². The molecule has 280 valence electrons. The molecule has 2 aliphatic heterocycles. The standard InChI is InChI=1S/C39H47FN6O6Si/c1-25-36(53(3,4)40)34(19-21-45-23-32(43-44-45)30(24-47)26-10-6-5-7-11-26)52-39(25)31-22-29(42-37(49)27-13-15-28(41)16-14-27)17-18-33(31)46(38(39)50)20-9-8-12-35(48)51-2/h5-7,10-11,13-18,22-23,25,30,34,36,47H,8-9,12,19-21,24,41H2,1-4H3,(H,42,49)/t25-,30?,34+,36-,39+/m1/s1. The van der Waals surface area contributed by atoms with Crippen molar-refractivity contribution in [3.63, 3.8) is 0 Å². The van der Waals surface area contributed by atoms with Gasteiger partial charge in [0.15, 0.2) is 5.60 Å². The van der Waals surface area contributed by atoms with Gasteiger partial charge in [-0.2, -0.15) is 0 Å². The van der Waals surface area contributed by atoms with Crippen molar-refractivity contribution in [3.8, 4) is 0 Å². The van der Waals surface area contributed by atoms with Crippen LogP contribution < -0.4 is 16.0 Å².